The van der Waals surface area contributed by atoms with Crippen LogP contribution in [0.25, 0.3) is 0 Å². The maximum absolute atomic E-state index is 12.3. The lowest BCUT2D eigenvalue weighted by atomic mass is 10.1. The number of carbonyl (C=O) groups is 1. The first-order valence-corrected chi connectivity index (χ1v) is 10.1. The summed E-state index contributed by atoms with van der Waals surface area (Å²) in [5, 5.41) is 8.96. The van der Waals surface area contributed by atoms with Gasteiger partial charge < -0.3 is 20.3 Å². The van der Waals surface area contributed by atoms with E-state index in [0.717, 1.165) is 22.8 Å². The van der Waals surface area contributed by atoms with Crippen molar-refractivity contribution in [3.8, 4) is 0 Å². The smallest absolute Gasteiger partial charge is 0.243 e. The van der Waals surface area contributed by atoms with Crippen LogP contribution in [0.1, 0.15) is 36.2 Å². The van der Waals surface area contributed by atoms with Crippen molar-refractivity contribution < 1.29 is 9.53 Å². The molecule has 0 aliphatic carbocycles. The largest absolute Gasteiger partial charge is 0.375 e. The number of hydrogen-bond acceptors (Lipinski definition) is 5. The van der Waals surface area contributed by atoms with Crippen LogP contribution in [-0.4, -0.2) is 49.5 Å². The molecule has 7 nitrogen and oxygen atoms in total. The fourth-order valence-corrected chi connectivity index (χ4v) is 3.46. The summed E-state index contributed by atoms with van der Waals surface area (Å²) in [5.74, 6) is 0.513. The van der Waals surface area contributed by atoms with Crippen LogP contribution < -0.4 is 10.6 Å². The second-order valence-electron chi connectivity index (χ2n) is 6.41. The highest BCUT2D eigenvalue weighted by molar-refractivity contribution is 14.0. The molecular formula is C20H30IN5O2S. The number of anilines is 1. The monoisotopic (exact) mass is 531 g/mol. The third kappa shape index (κ3) is 7.90. The van der Waals surface area contributed by atoms with Crippen LogP contribution in [0.15, 0.2) is 34.6 Å². The second kappa shape index (κ2) is 12.8. The molecule has 2 N–H and O–H groups in total. The van der Waals surface area contributed by atoms with E-state index in [2.05, 4.69) is 27.5 Å². The molecule has 1 aromatic carbocycles. The summed E-state index contributed by atoms with van der Waals surface area (Å²) in [6, 6.07) is 7.86. The topological polar surface area (TPSA) is 78.9 Å². The predicted octanol–water partition coefficient (Wildman–Crippen LogP) is 3.68. The second-order valence-corrected chi connectivity index (χ2v) is 7.30. The first kappa shape index (κ1) is 25.3. The molecule has 29 heavy (non-hydrogen) atoms. The summed E-state index contributed by atoms with van der Waals surface area (Å²) >= 11 is 1.58. The van der Waals surface area contributed by atoms with Crippen molar-refractivity contribution in [2.45, 2.75) is 32.9 Å². The SMILES string of the molecule is CCc1cccc(NC(=O)CNC(=NC)N(C)Cc2csc(C(C)OC)n2)c1.I. The van der Waals surface area contributed by atoms with Crippen molar-refractivity contribution in [1.29, 1.82) is 0 Å². The van der Waals surface area contributed by atoms with E-state index in [4.69, 9.17) is 4.74 Å². The van der Waals surface area contributed by atoms with Gasteiger partial charge in [0.05, 0.1) is 18.8 Å². The number of thiazole rings is 1. The Hall–Kier alpha value is -1.72. The van der Waals surface area contributed by atoms with Crippen molar-refractivity contribution >= 4 is 52.9 Å². The van der Waals surface area contributed by atoms with Gasteiger partial charge in [0, 0.05) is 32.3 Å². The van der Waals surface area contributed by atoms with Crippen LogP contribution in [0, 0.1) is 0 Å². The minimum Gasteiger partial charge on any atom is -0.375 e. The Morgan fingerprint density at radius 1 is 1.41 bits per heavy atom. The standard InChI is InChI=1S/C20H29N5O2S.HI/c1-6-15-8-7-9-16(10-15)23-18(26)11-22-20(21-3)25(4)12-17-13-28-19(24-17)14(2)27-5;/h7-10,13-14H,6,11-12H2,1-5H3,(H,21,22)(H,23,26);1H. The Morgan fingerprint density at radius 2 is 2.17 bits per heavy atom. The third-order valence-corrected chi connectivity index (χ3v) is 5.32. The van der Waals surface area contributed by atoms with Gasteiger partial charge in [-0.05, 0) is 31.0 Å². The highest BCUT2D eigenvalue weighted by Crippen LogP contribution is 2.20. The molecule has 1 heterocycles. The molecule has 0 bridgehead atoms. The Morgan fingerprint density at radius 3 is 2.83 bits per heavy atom. The first-order valence-electron chi connectivity index (χ1n) is 9.24. The van der Waals surface area contributed by atoms with E-state index < -0.39 is 0 Å². The molecule has 0 spiro atoms. The van der Waals surface area contributed by atoms with Crippen LogP contribution in [0.5, 0.6) is 0 Å². The van der Waals surface area contributed by atoms with Crippen molar-refractivity contribution in [3.05, 3.63) is 45.9 Å². The fraction of sp³-hybridized carbons (Fsp3) is 0.450. The molecule has 1 aromatic heterocycles. The molecule has 0 fully saturated rings. The van der Waals surface area contributed by atoms with Crippen LogP contribution in [0.4, 0.5) is 5.69 Å². The van der Waals surface area contributed by atoms with Crippen LogP contribution >= 0.6 is 35.3 Å². The van der Waals surface area contributed by atoms with Gasteiger partial charge in [-0.1, -0.05) is 19.1 Å². The number of ether oxygens (including phenoxy) is 1. The number of aliphatic imine (C=N–C) groups is 1. The molecule has 2 rings (SSSR count). The average Bonchev–Trinajstić information content (AvgIpc) is 3.16. The number of aryl methyl sites for hydroxylation is 1. The highest BCUT2D eigenvalue weighted by Gasteiger charge is 2.13. The molecule has 0 saturated heterocycles. The van der Waals surface area contributed by atoms with Gasteiger partial charge in [-0.2, -0.15) is 0 Å². The van der Waals surface area contributed by atoms with Gasteiger partial charge in [0.1, 0.15) is 11.1 Å². The Bertz CT molecular complexity index is 812. The number of guanidine groups is 1. The number of amides is 1. The predicted molar refractivity (Wildman–Crippen MR) is 130 cm³/mol. The Labute approximate surface area is 194 Å². The molecule has 1 unspecified atom stereocenters. The minimum absolute atomic E-state index is 0. The number of nitrogens with one attached hydrogen (secondary N) is 2. The van der Waals surface area contributed by atoms with E-state index in [1.54, 1.807) is 25.5 Å². The van der Waals surface area contributed by atoms with Gasteiger partial charge in [0.15, 0.2) is 5.96 Å². The lowest BCUT2D eigenvalue weighted by molar-refractivity contribution is -0.115. The van der Waals surface area contributed by atoms with Crippen molar-refractivity contribution in [2.75, 3.05) is 33.1 Å². The van der Waals surface area contributed by atoms with Gasteiger partial charge in [0.25, 0.3) is 0 Å². The molecule has 0 aliphatic rings. The van der Waals surface area contributed by atoms with E-state index in [1.165, 1.54) is 5.56 Å². The van der Waals surface area contributed by atoms with Crippen LogP contribution in [-0.2, 0) is 22.5 Å². The number of nitrogens with zero attached hydrogens (tertiary/aromatic N) is 3. The summed E-state index contributed by atoms with van der Waals surface area (Å²) in [4.78, 5) is 23.0. The van der Waals surface area contributed by atoms with E-state index in [-0.39, 0.29) is 42.5 Å². The molecule has 1 atom stereocenters. The maximum Gasteiger partial charge on any atom is 0.243 e. The number of benzene rings is 1. The van der Waals surface area contributed by atoms with Gasteiger partial charge in [-0.25, -0.2) is 4.98 Å². The van der Waals surface area contributed by atoms with Crippen molar-refractivity contribution in [1.82, 2.24) is 15.2 Å². The van der Waals surface area contributed by atoms with E-state index in [0.29, 0.717) is 12.5 Å². The van der Waals surface area contributed by atoms with Gasteiger partial charge in [-0.15, -0.1) is 35.3 Å². The lowest BCUT2D eigenvalue weighted by Gasteiger charge is -2.21. The zero-order chi connectivity index (χ0) is 20.5. The quantitative estimate of drug-likeness (QED) is 0.309. The summed E-state index contributed by atoms with van der Waals surface area (Å²) in [5.41, 5.74) is 2.93. The number of aromatic nitrogens is 1. The Balaban J connectivity index is 0.00000420. The number of hydrogen-bond donors (Lipinski definition) is 2. The summed E-state index contributed by atoms with van der Waals surface area (Å²) in [7, 11) is 5.28. The van der Waals surface area contributed by atoms with Gasteiger partial charge in [0.2, 0.25) is 5.91 Å². The molecule has 0 radical (unpaired) electrons. The zero-order valence-corrected chi connectivity index (χ0v) is 20.7. The molecular weight excluding hydrogens is 501 g/mol. The molecule has 0 saturated carbocycles. The molecule has 1 amide bonds. The van der Waals surface area contributed by atoms with Crippen LogP contribution in [0.2, 0.25) is 0 Å². The molecule has 0 aliphatic heterocycles. The molecule has 2 aromatic rings. The number of carbonyl (C=O) groups excluding carboxylic acids is 1. The van der Waals surface area contributed by atoms with Crippen molar-refractivity contribution in [2.24, 2.45) is 4.99 Å². The summed E-state index contributed by atoms with van der Waals surface area (Å²) < 4.78 is 5.31. The van der Waals surface area contributed by atoms with Gasteiger partial charge in [-0.3, -0.25) is 9.79 Å². The highest BCUT2D eigenvalue weighted by atomic mass is 127. The summed E-state index contributed by atoms with van der Waals surface area (Å²) in [6.07, 6.45) is 0.914. The van der Waals surface area contributed by atoms with E-state index >= 15 is 0 Å². The van der Waals surface area contributed by atoms with E-state index in [9.17, 15) is 4.79 Å². The first-order chi connectivity index (χ1) is 13.5. The zero-order valence-electron chi connectivity index (χ0n) is 17.6. The number of methoxy groups -OCH3 is 1. The third-order valence-electron chi connectivity index (χ3n) is 4.27. The average molecular weight is 531 g/mol. The minimum atomic E-state index is -0.118. The van der Waals surface area contributed by atoms with Crippen molar-refractivity contribution in [3.63, 3.8) is 0 Å². The van der Waals surface area contributed by atoms with Gasteiger partial charge >= 0.3 is 0 Å². The summed E-state index contributed by atoms with van der Waals surface area (Å²) in [6.45, 7) is 4.79. The fourth-order valence-electron chi connectivity index (χ4n) is 2.62. The molecule has 9 heteroatoms. The van der Waals surface area contributed by atoms with Crippen LogP contribution in [0.3, 0.4) is 0 Å². The lowest BCUT2D eigenvalue weighted by Crippen LogP contribution is -2.42. The van der Waals surface area contributed by atoms with E-state index in [1.807, 2.05) is 48.5 Å². The molecule has 160 valence electrons. The number of halogens is 1. The number of rotatable bonds is 8. The Kier molecular flexibility index (Phi) is 11.1. The maximum atomic E-state index is 12.3. The normalized spacial score (nSPS) is 12.1.